The zero-order chi connectivity index (χ0) is 12.1. The third-order valence-electron chi connectivity index (χ3n) is 1.60. The molecule has 4 nitrogen and oxygen atoms in total. The minimum Gasteiger partial charge on any atom is -0.464 e. The number of halogens is 1. The van der Waals surface area contributed by atoms with Crippen molar-refractivity contribution in [1.29, 1.82) is 0 Å². The van der Waals surface area contributed by atoms with E-state index in [0.717, 1.165) is 8.66 Å². The van der Waals surface area contributed by atoms with E-state index in [2.05, 4.69) is 26.0 Å². The summed E-state index contributed by atoms with van der Waals surface area (Å²) in [6.45, 7) is 1.33. The second kappa shape index (κ2) is 5.81. The third-order valence-corrected chi connectivity index (χ3v) is 3.17. The quantitative estimate of drug-likeness (QED) is 0.688. The van der Waals surface area contributed by atoms with Gasteiger partial charge in [-0.05, 0) is 34.1 Å². The van der Waals surface area contributed by atoms with Gasteiger partial charge in [-0.25, -0.2) is 4.79 Å². The van der Waals surface area contributed by atoms with Crippen LogP contribution in [0.2, 0.25) is 0 Å². The molecule has 1 rings (SSSR count). The molecule has 0 aliphatic rings. The van der Waals surface area contributed by atoms with Crippen molar-refractivity contribution >= 4 is 45.2 Å². The second-order valence-corrected chi connectivity index (χ2v) is 5.37. The topological polar surface area (TPSA) is 55.4 Å². The molecule has 0 fully saturated rings. The number of nitrogens with one attached hydrogen (secondary N) is 1. The molecule has 0 radical (unpaired) electrons. The van der Waals surface area contributed by atoms with Crippen molar-refractivity contribution in [3.63, 3.8) is 0 Å². The van der Waals surface area contributed by atoms with E-state index < -0.39 is 5.97 Å². The number of hydrogen-bond acceptors (Lipinski definition) is 4. The summed E-state index contributed by atoms with van der Waals surface area (Å²) in [5, 5.41) is 2.43. The molecule has 6 heteroatoms. The Morgan fingerprint density at radius 2 is 2.19 bits per heavy atom. The van der Waals surface area contributed by atoms with Crippen LogP contribution in [0.15, 0.2) is 21.6 Å². The predicted octanol–water partition coefficient (Wildman–Crippen LogP) is 2.16. The van der Waals surface area contributed by atoms with Gasteiger partial charge in [0, 0.05) is 11.8 Å². The van der Waals surface area contributed by atoms with Gasteiger partial charge in [0.25, 0.3) is 0 Å². The standard InChI is InChI=1S/C10H10BrNO3S/c1-6(13)12-8(10(14)15-2)5-7-3-4-9(11)16-7/h3-5H,1-2H3,(H,12,13)/b8-5-. The highest BCUT2D eigenvalue weighted by molar-refractivity contribution is 9.11. The lowest BCUT2D eigenvalue weighted by molar-refractivity contribution is -0.137. The first kappa shape index (κ1) is 12.9. The molecule has 0 bridgehead atoms. The summed E-state index contributed by atoms with van der Waals surface area (Å²) in [5.74, 6) is -0.882. The lowest BCUT2D eigenvalue weighted by Gasteiger charge is -2.04. The Balaban J connectivity index is 2.95. The molecule has 0 spiro atoms. The molecule has 0 saturated carbocycles. The largest absolute Gasteiger partial charge is 0.464 e. The number of amides is 1. The summed E-state index contributed by atoms with van der Waals surface area (Å²) in [5.41, 5.74) is 0.129. The van der Waals surface area contributed by atoms with Crippen LogP contribution in [0.4, 0.5) is 0 Å². The Labute approximate surface area is 105 Å². The van der Waals surface area contributed by atoms with Gasteiger partial charge in [-0.2, -0.15) is 0 Å². The minimum atomic E-state index is -0.570. The molecule has 0 unspecified atom stereocenters. The van der Waals surface area contributed by atoms with Crippen molar-refractivity contribution in [1.82, 2.24) is 5.32 Å². The van der Waals surface area contributed by atoms with E-state index in [1.165, 1.54) is 25.4 Å². The average molecular weight is 304 g/mol. The fourth-order valence-corrected chi connectivity index (χ4v) is 2.36. The Hall–Kier alpha value is -1.14. The van der Waals surface area contributed by atoms with Gasteiger partial charge in [0.15, 0.2) is 0 Å². The summed E-state index contributed by atoms with van der Waals surface area (Å²) < 4.78 is 5.51. The number of esters is 1. The highest BCUT2D eigenvalue weighted by atomic mass is 79.9. The molecule has 86 valence electrons. The summed E-state index contributed by atoms with van der Waals surface area (Å²) in [4.78, 5) is 23.1. The van der Waals surface area contributed by atoms with Crippen LogP contribution in [0.1, 0.15) is 11.8 Å². The first-order valence-corrected chi connectivity index (χ1v) is 5.97. The van der Waals surface area contributed by atoms with E-state index in [0.29, 0.717) is 0 Å². The average Bonchev–Trinajstić information content (AvgIpc) is 2.61. The minimum absolute atomic E-state index is 0.129. The van der Waals surface area contributed by atoms with Crippen LogP contribution in [-0.2, 0) is 14.3 Å². The number of hydrogen-bond donors (Lipinski definition) is 1. The highest BCUT2D eigenvalue weighted by Gasteiger charge is 2.11. The van der Waals surface area contributed by atoms with Crippen LogP contribution in [0.3, 0.4) is 0 Å². The zero-order valence-electron chi connectivity index (χ0n) is 8.74. The van der Waals surface area contributed by atoms with Crippen LogP contribution in [0.5, 0.6) is 0 Å². The van der Waals surface area contributed by atoms with Crippen molar-refractivity contribution in [3.8, 4) is 0 Å². The van der Waals surface area contributed by atoms with E-state index in [1.54, 1.807) is 6.08 Å². The lowest BCUT2D eigenvalue weighted by Crippen LogP contribution is -2.25. The smallest absolute Gasteiger partial charge is 0.354 e. The summed E-state index contributed by atoms with van der Waals surface area (Å²) in [6, 6.07) is 3.69. The SMILES string of the molecule is COC(=O)/C(=C/c1ccc(Br)s1)NC(C)=O. The Morgan fingerprint density at radius 1 is 1.50 bits per heavy atom. The zero-order valence-corrected chi connectivity index (χ0v) is 11.1. The molecule has 1 N–H and O–H groups in total. The first-order chi connectivity index (χ1) is 7.52. The Bertz CT molecular complexity index is 439. The number of carbonyl (C=O) groups excluding carboxylic acids is 2. The normalized spacial score (nSPS) is 11.1. The summed E-state index contributed by atoms with van der Waals surface area (Å²) in [7, 11) is 1.27. The fraction of sp³-hybridized carbons (Fsp3) is 0.200. The number of rotatable bonds is 3. The molecule has 1 aromatic heterocycles. The molecule has 16 heavy (non-hydrogen) atoms. The monoisotopic (exact) mass is 303 g/mol. The van der Waals surface area contributed by atoms with Gasteiger partial charge >= 0.3 is 5.97 Å². The van der Waals surface area contributed by atoms with Gasteiger partial charge < -0.3 is 10.1 Å². The van der Waals surface area contributed by atoms with Gasteiger partial charge in [-0.15, -0.1) is 11.3 Å². The molecule has 0 aliphatic heterocycles. The lowest BCUT2D eigenvalue weighted by atomic mass is 10.3. The number of ether oxygens (including phenoxy) is 1. The van der Waals surface area contributed by atoms with Gasteiger partial charge in [0.2, 0.25) is 5.91 Å². The first-order valence-electron chi connectivity index (χ1n) is 4.36. The fourth-order valence-electron chi connectivity index (χ4n) is 0.994. The maximum atomic E-state index is 11.3. The molecule has 0 atom stereocenters. The second-order valence-electron chi connectivity index (χ2n) is 2.87. The molecule has 0 aliphatic carbocycles. The molecule has 1 heterocycles. The molecular weight excluding hydrogens is 294 g/mol. The van der Waals surface area contributed by atoms with Crippen LogP contribution >= 0.6 is 27.3 Å². The van der Waals surface area contributed by atoms with Gasteiger partial charge in [0.05, 0.1) is 10.9 Å². The number of carbonyl (C=O) groups is 2. The molecule has 1 amide bonds. The Kier molecular flexibility index (Phi) is 4.70. The van der Waals surface area contributed by atoms with Crippen molar-refractivity contribution in [2.45, 2.75) is 6.92 Å². The molecular formula is C10H10BrNO3S. The van der Waals surface area contributed by atoms with E-state index in [9.17, 15) is 9.59 Å². The molecule has 1 aromatic rings. The van der Waals surface area contributed by atoms with Crippen molar-refractivity contribution in [2.24, 2.45) is 0 Å². The van der Waals surface area contributed by atoms with Crippen LogP contribution in [-0.4, -0.2) is 19.0 Å². The van der Waals surface area contributed by atoms with E-state index in [-0.39, 0.29) is 11.6 Å². The van der Waals surface area contributed by atoms with Crippen molar-refractivity contribution < 1.29 is 14.3 Å². The summed E-state index contributed by atoms with van der Waals surface area (Å²) >= 11 is 4.77. The Morgan fingerprint density at radius 3 is 2.62 bits per heavy atom. The van der Waals surface area contributed by atoms with Gasteiger partial charge in [-0.1, -0.05) is 0 Å². The van der Waals surface area contributed by atoms with Crippen LogP contribution < -0.4 is 5.32 Å². The van der Waals surface area contributed by atoms with Crippen LogP contribution in [0, 0.1) is 0 Å². The summed E-state index contributed by atoms with van der Waals surface area (Å²) in [6.07, 6.45) is 1.57. The van der Waals surface area contributed by atoms with E-state index in [4.69, 9.17) is 0 Å². The van der Waals surface area contributed by atoms with Crippen molar-refractivity contribution in [3.05, 3.63) is 26.5 Å². The van der Waals surface area contributed by atoms with E-state index in [1.807, 2.05) is 12.1 Å². The molecule has 0 aromatic carbocycles. The van der Waals surface area contributed by atoms with Gasteiger partial charge in [-0.3, -0.25) is 4.79 Å². The number of thiophene rings is 1. The third kappa shape index (κ3) is 3.79. The predicted molar refractivity (Wildman–Crippen MR) is 65.8 cm³/mol. The maximum Gasteiger partial charge on any atom is 0.354 e. The van der Waals surface area contributed by atoms with E-state index >= 15 is 0 Å². The molecule has 0 saturated heterocycles. The maximum absolute atomic E-state index is 11.3. The van der Waals surface area contributed by atoms with Gasteiger partial charge in [0.1, 0.15) is 5.70 Å². The highest BCUT2D eigenvalue weighted by Crippen LogP contribution is 2.23. The van der Waals surface area contributed by atoms with Crippen molar-refractivity contribution in [2.75, 3.05) is 7.11 Å². The number of methoxy groups -OCH3 is 1. The van der Waals surface area contributed by atoms with Crippen LogP contribution in [0.25, 0.3) is 6.08 Å².